The topological polar surface area (TPSA) is 23.8 Å². The molecule has 0 aliphatic heterocycles. The molecule has 0 N–H and O–H groups in total. The molecule has 0 fully saturated rings. The molecule has 1 aliphatic rings. The van der Waals surface area contributed by atoms with Crippen LogP contribution < -0.4 is 0 Å². The Bertz CT molecular complexity index is 1160. The molecule has 0 radical (unpaired) electrons. The minimum atomic E-state index is -0.843. The van der Waals surface area contributed by atoms with E-state index in [4.69, 9.17) is 5.26 Å². The van der Waals surface area contributed by atoms with Crippen LogP contribution in [0.25, 0.3) is 10.8 Å². The quantitative estimate of drug-likeness (QED) is 0.378. The molecule has 4 rings (SSSR count). The number of benzene rings is 3. The van der Waals surface area contributed by atoms with E-state index < -0.39 is 17.2 Å². The highest BCUT2D eigenvalue weighted by molar-refractivity contribution is 5.84. The standard InChI is InChI=1S/C27H26F3N/c1-2-3-4-5-6-17-7-10-21-18(13-17)8-11-22(26(21)29)19-9-12-23-20(14-19)15-25(28)24(16-31)27(23)30/h7-8,10-11,13,15,19H,2-6,9,12,14H2,1H3. The molecule has 4 heteroatoms. The Morgan fingerprint density at radius 2 is 1.84 bits per heavy atom. The Balaban J connectivity index is 1.59. The van der Waals surface area contributed by atoms with Crippen molar-refractivity contribution in [2.24, 2.45) is 0 Å². The monoisotopic (exact) mass is 421 g/mol. The molecule has 1 aliphatic carbocycles. The van der Waals surface area contributed by atoms with Gasteiger partial charge in [0.15, 0.2) is 0 Å². The molecule has 1 atom stereocenters. The molecule has 0 saturated heterocycles. The first-order chi connectivity index (χ1) is 15.0. The van der Waals surface area contributed by atoms with Gasteiger partial charge in [0.1, 0.15) is 29.1 Å². The zero-order valence-electron chi connectivity index (χ0n) is 17.8. The van der Waals surface area contributed by atoms with Crippen LogP contribution in [0.15, 0.2) is 36.4 Å². The van der Waals surface area contributed by atoms with Gasteiger partial charge >= 0.3 is 0 Å². The second-order valence-electron chi connectivity index (χ2n) is 8.57. The fourth-order valence-electron chi connectivity index (χ4n) is 4.80. The highest BCUT2D eigenvalue weighted by Crippen LogP contribution is 2.38. The maximum absolute atomic E-state index is 15.4. The SMILES string of the molecule is CCCCCCc1ccc2c(F)c(C3CCc4c(cc(F)c(C#N)c4F)C3)ccc2c1. The van der Waals surface area contributed by atoms with Crippen LogP contribution in [-0.2, 0) is 19.3 Å². The molecular formula is C27H26F3N. The summed E-state index contributed by atoms with van der Waals surface area (Å²) in [6.45, 7) is 2.19. The summed E-state index contributed by atoms with van der Waals surface area (Å²) in [5.74, 6) is -1.98. The normalized spacial score (nSPS) is 15.6. The van der Waals surface area contributed by atoms with Gasteiger partial charge < -0.3 is 0 Å². The third kappa shape index (κ3) is 4.19. The van der Waals surface area contributed by atoms with E-state index in [9.17, 15) is 8.78 Å². The van der Waals surface area contributed by atoms with Crippen LogP contribution in [0.5, 0.6) is 0 Å². The summed E-state index contributed by atoms with van der Waals surface area (Å²) in [6, 6.07) is 12.6. The van der Waals surface area contributed by atoms with Crippen molar-refractivity contribution < 1.29 is 13.2 Å². The lowest BCUT2D eigenvalue weighted by atomic mass is 9.78. The lowest BCUT2D eigenvalue weighted by Crippen LogP contribution is -2.17. The summed E-state index contributed by atoms with van der Waals surface area (Å²) >= 11 is 0. The molecule has 0 heterocycles. The Hall–Kier alpha value is -2.80. The van der Waals surface area contributed by atoms with E-state index in [-0.39, 0.29) is 11.7 Å². The van der Waals surface area contributed by atoms with Gasteiger partial charge in [-0.05, 0) is 71.7 Å². The molecule has 0 spiro atoms. The first kappa shape index (κ1) is 21.4. The van der Waals surface area contributed by atoms with Crippen molar-refractivity contribution in [1.29, 1.82) is 5.26 Å². The molecule has 0 aromatic heterocycles. The lowest BCUT2D eigenvalue weighted by Gasteiger charge is -2.26. The average Bonchev–Trinajstić information content (AvgIpc) is 2.77. The van der Waals surface area contributed by atoms with Crippen LogP contribution in [0.2, 0.25) is 0 Å². The van der Waals surface area contributed by atoms with Gasteiger partial charge in [0.05, 0.1) is 0 Å². The Labute approximate surface area is 181 Å². The molecule has 0 amide bonds. The van der Waals surface area contributed by atoms with E-state index in [2.05, 4.69) is 13.0 Å². The fourth-order valence-corrected chi connectivity index (χ4v) is 4.80. The number of unbranched alkanes of at least 4 members (excludes halogenated alkanes) is 3. The summed E-state index contributed by atoms with van der Waals surface area (Å²) < 4.78 is 44.0. The number of rotatable bonds is 6. The maximum atomic E-state index is 15.4. The number of halogens is 3. The number of hydrogen-bond donors (Lipinski definition) is 0. The molecule has 3 aromatic rings. The predicted molar refractivity (Wildman–Crippen MR) is 118 cm³/mol. The van der Waals surface area contributed by atoms with Crippen molar-refractivity contribution in [3.8, 4) is 6.07 Å². The maximum Gasteiger partial charge on any atom is 0.147 e. The van der Waals surface area contributed by atoms with Gasteiger partial charge in [0.2, 0.25) is 0 Å². The van der Waals surface area contributed by atoms with Crippen molar-refractivity contribution in [1.82, 2.24) is 0 Å². The zero-order valence-corrected chi connectivity index (χ0v) is 17.8. The molecule has 3 aromatic carbocycles. The van der Waals surface area contributed by atoms with Crippen LogP contribution in [0.4, 0.5) is 13.2 Å². The smallest absolute Gasteiger partial charge is 0.147 e. The van der Waals surface area contributed by atoms with Gasteiger partial charge in [-0.1, -0.05) is 56.5 Å². The predicted octanol–water partition coefficient (Wildman–Crippen LogP) is 7.52. The Morgan fingerprint density at radius 1 is 1.00 bits per heavy atom. The Morgan fingerprint density at radius 3 is 2.61 bits per heavy atom. The average molecular weight is 422 g/mol. The third-order valence-electron chi connectivity index (χ3n) is 6.54. The summed E-state index contributed by atoms with van der Waals surface area (Å²) in [4.78, 5) is 0. The highest BCUT2D eigenvalue weighted by atomic mass is 19.1. The third-order valence-corrected chi connectivity index (χ3v) is 6.54. The molecule has 160 valence electrons. The molecule has 1 nitrogen and oxygen atoms in total. The van der Waals surface area contributed by atoms with Crippen LogP contribution in [0.3, 0.4) is 0 Å². The van der Waals surface area contributed by atoms with Gasteiger partial charge in [-0.15, -0.1) is 0 Å². The molecule has 0 bridgehead atoms. The minimum Gasteiger partial charge on any atom is -0.206 e. The van der Waals surface area contributed by atoms with Crippen molar-refractivity contribution in [2.45, 2.75) is 64.2 Å². The summed E-state index contributed by atoms with van der Waals surface area (Å²) in [6.07, 6.45) is 7.10. The molecule has 0 saturated carbocycles. The first-order valence-corrected chi connectivity index (χ1v) is 11.1. The summed E-state index contributed by atoms with van der Waals surface area (Å²) in [7, 11) is 0. The van der Waals surface area contributed by atoms with E-state index in [0.29, 0.717) is 41.3 Å². The zero-order chi connectivity index (χ0) is 22.0. The minimum absolute atomic E-state index is 0.141. The van der Waals surface area contributed by atoms with Crippen LogP contribution >= 0.6 is 0 Å². The molecular weight excluding hydrogens is 395 g/mol. The second-order valence-corrected chi connectivity index (χ2v) is 8.57. The van der Waals surface area contributed by atoms with Crippen LogP contribution in [-0.4, -0.2) is 0 Å². The molecule has 1 unspecified atom stereocenters. The van der Waals surface area contributed by atoms with Gasteiger partial charge in [-0.25, -0.2) is 13.2 Å². The van der Waals surface area contributed by atoms with Crippen LogP contribution in [0, 0.1) is 28.8 Å². The highest BCUT2D eigenvalue weighted by Gasteiger charge is 2.28. The van der Waals surface area contributed by atoms with E-state index in [0.717, 1.165) is 18.2 Å². The van der Waals surface area contributed by atoms with Gasteiger partial charge in [0.25, 0.3) is 0 Å². The fraction of sp³-hybridized carbons (Fsp3) is 0.370. The first-order valence-electron chi connectivity index (χ1n) is 11.1. The number of nitriles is 1. The van der Waals surface area contributed by atoms with Crippen molar-refractivity contribution in [3.05, 3.63) is 81.7 Å². The van der Waals surface area contributed by atoms with Crippen molar-refractivity contribution in [3.63, 3.8) is 0 Å². The van der Waals surface area contributed by atoms with Crippen molar-refractivity contribution in [2.75, 3.05) is 0 Å². The molecule has 31 heavy (non-hydrogen) atoms. The van der Waals surface area contributed by atoms with E-state index in [1.165, 1.54) is 30.9 Å². The van der Waals surface area contributed by atoms with Gasteiger partial charge in [-0.2, -0.15) is 5.26 Å². The number of hydrogen-bond acceptors (Lipinski definition) is 1. The van der Waals surface area contributed by atoms with Gasteiger partial charge in [-0.3, -0.25) is 0 Å². The van der Waals surface area contributed by atoms with Gasteiger partial charge in [0, 0.05) is 5.39 Å². The summed E-state index contributed by atoms with van der Waals surface area (Å²) in [5, 5.41) is 10.5. The number of fused-ring (bicyclic) bond motifs is 2. The van der Waals surface area contributed by atoms with E-state index in [1.807, 2.05) is 24.3 Å². The Kier molecular flexibility index (Phi) is 6.32. The number of aryl methyl sites for hydroxylation is 1. The second kappa shape index (κ2) is 9.14. The van der Waals surface area contributed by atoms with E-state index >= 15 is 4.39 Å². The lowest BCUT2D eigenvalue weighted by molar-refractivity contribution is 0.505. The summed E-state index contributed by atoms with van der Waals surface area (Å²) in [5.41, 5.74) is 2.22. The van der Waals surface area contributed by atoms with Crippen molar-refractivity contribution >= 4 is 10.8 Å². The van der Waals surface area contributed by atoms with E-state index in [1.54, 1.807) is 6.07 Å². The van der Waals surface area contributed by atoms with Crippen LogP contribution in [0.1, 0.15) is 72.8 Å². The largest absolute Gasteiger partial charge is 0.206 e. The number of nitrogens with zero attached hydrogens (tertiary/aromatic N) is 1.